The average Bonchev–Trinajstić information content (AvgIpc) is 3.10. The minimum atomic E-state index is -0.199. The summed E-state index contributed by atoms with van der Waals surface area (Å²) in [6.45, 7) is 4.15. The van der Waals surface area contributed by atoms with Gasteiger partial charge in [-0.2, -0.15) is 0 Å². The van der Waals surface area contributed by atoms with Gasteiger partial charge in [-0.05, 0) is 50.1 Å². The molecule has 0 amide bonds. The van der Waals surface area contributed by atoms with Crippen LogP contribution in [0, 0.1) is 6.92 Å². The smallest absolute Gasteiger partial charge is 0.141 e. The first-order valence-corrected chi connectivity index (χ1v) is 9.53. The van der Waals surface area contributed by atoms with E-state index in [-0.39, 0.29) is 12.2 Å². The highest BCUT2D eigenvalue weighted by Gasteiger charge is 2.26. The summed E-state index contributed by atoms with van der Waals surface area (Å²) in [7, 11) is 2.16. The van der Waals surface area contributed by atoms with Crippen LogP contribution in [0.5, 0.6) is 0 Å². The van der Waals surface area contributed by atoms with Gasteiger partial charge in [-0.1, -0.05) is 41.9 Å². The van der Waals surface area contributed by atoms with E-state index in [1.165, 1.54) is 0 Å². The van der Waals surface area contributed by atoms with E-state index in [4.69, 9.17) is 21.3 Å². The third-order valence-electron chi connectivity index (χ3n) is 5.20. The number of aryl methyl sites for hydroxylation is 1. The molecule has 5 heteroatoms. The Kier molecular flexibility index (Phi) is 4.98. The molecule has 1 aromatic heterocycles. The molecule has 2 aromatic carbocycles. The number of H-pyrrole nitrogens is 1. The number of nitrogens with one attached hydrogen (secondary N) is 1. The lowest BCUT2D eigenvalue weighted by Gasteiger charge is -2.31. The van der Waals surface area contributed by atoms with Crippen LogP contribution >= 0.6 is 11.6 Å². The summed E-state index contributed by atoms with van der Waals surface area (Å²) in [5.74, 6) is 0.843. The standard InChI is InChI=1S/C21H24ClN3O/c1-14-17(22)8-9-18-19(14)24-21(23-18)20(15-6-4-3-5-7-15)26-16-10-12-25(2)13-11-16/h3-9,16,20H,10-13H2,1-2H3,(H,23,24). The number of rotatable bonds is 4. The van der Waals surface area contributed by atoms with E-state index in [2.05, 4.69) is 29.1 Å². The Morgan fingerprint density at radius 1 is 1.15 bits per heavy atom. The van der Waals surface area contributed by atoms with Crippen LogP contribution in [0.2, 0.25) is 5.02 Å². The van der Waals surface area contributed by atoms with E-state index in [9.17, 15) is 0 Å². The highest BCUT2D eigenvalue weighted by atomic mass is 35.5. The monoisotopic (exact) mass is 369 g/mol. The van der Waals surface area contributed by atoms with Crippen molar-refractivity contribution in [1.82, 2.24) is 14.9 Å². The lowest BCUT2D eigenvalue weighted by Crippen LogP contribution is -2.35. The topological polar surface area (TPSA) is 41.1 Å². The fraction of sp³-hybridized carbons (Fsp3) is 0.381. The molecule has 0 saturated carbocycles. The minimum absolute atomic E-state index is 0.199. The number of aromatic amines is 1. The SMILES string of the molecule is Cc1c(Cl)ccc2[nH]c(C(OC3CCN(C)CC3)c3ccccc3)nc12. The maximum absolute atomic E-state index is 6.56. The summed E-state index contributed by atoms with van der Waals surface area (Å²) in [5.41, 5.74) is 4.03. The van der Waals surface area contributed by atoms with Crippen molar-refractivity contribution < 1.29 is 4.74 Å². The molecule has 0 aliphatic carbocycles. The Labute approximate surface area is 159 Å². The number of hydrogen-bond acceptors (Lipinski definition) is 3. The Hall–Kier alpha value is -1.88. The van der Waals surface area contributed by atoms with Crippen LogP contribution in [0.25, 0.3) is 11.0 Å². The van der Waals surface area contributed by atoms with Gasteiger partial charge in [0, 0.05) is 18.1 Å². The largest absolute Gasteiger partial charge is 0.362 e. The molecule has 1 aliphatic heterocycles. The highest BCUT2D eigenvalue weighted by Crippen LogP contribution is 2.31. The van der Waals surface area contributed by atoms with Gasteiger partial charge < -0.3 is 14.6 Å². The second-order valence-electron chi connectivity index (χ2n) is 7.12. The molecule has 136 valence electrons. The van der Waals surface area contributed by atoms with Gasteiger partial charge in [0.1, 0.15) is 11.9 Å². The van der Waals surface area contributed by atoms with Crippen molar-refractivity contribution in [2.75, 3.05) is 20.1 Å². The molecule has 2 heterocycles. The number of imidazole rings is 1. The zero-order chi connectivity index (χ0) is 18.1. The molecule has 1 saturated heterocycles. The van der Waals surface area contributed by atoms with Gasteiger partial charge >= 0.3 is 0 Å². The molecule has 3 aromatic rings. The van der Waals surface area contributed by atoms with Crippen molar-refractivity contribution in [3.8, 4) is 0 Å². The zero-order valence-electron chi connectivity index (χ0n) is 15.2. The number of ether oxygens (including phenoxy) is 1. The van der Waals surface area contributed by atoms with E-state index in [1.54, 1.807) is 0 Å². The number of halogens is 1. The molecule has 1 unspecified atom stereocenters. The molecular weight excluding hydrogens is 346 g/mol. The van der Waals surface area contributed by atoms with Crippen LogP contribution in [0.1, 0.15) is 35.9 Å². The summed E-state index contributed by atoms with van der Waals surface area (Å²) in [6, 6.07) is 14.2. The van der Waals surface area contributed by atoms with Crippen molar-refractivity contribution in [1.29, 1.82) is 0 Å². The van der Waals surface area contributed by atoms with Crippen LogP contribution in [0.15, 0.2) is 42.5 Å². The van der Waals surface area contributed by atoms with Crippen molar-refractivity contribution in [3.05, 3.63) is 64.4 Å². The number of nitrogens with zero attached hydrogens (tertiary/aromatic N) is 2. The summed E-state index contributed by atoms with van der Waals surface area (Å²) >= 11 is 6.27. The summed E-state index contributed by atoms with van der Waals surface area (Å²) in [4.78, 5) is 10.7. The second kappa shape index (κ2) is 7.39. The first kappa shape index (κ1) is 17.5. The number of hydrogen-bond donors (Lipinski definition) is 1. The van der Waals surface area contributed by atoms with E-state index in [1.807, 2.05) is 37.3 Å². The van der Waals surface area contributed by atoms with Crippen molar-refractivity contribution in [2.45, 2.75) is 32.0 Å². The first-order valence-electron chi connectivity index (χ1n) is 9.15. The Bertz CT molecular complexity index is 885. The quantitative estimate of drug-likeness (QED) is 0.723. The molecule has 1 fully saturated rings. The second-order valence-corrected chi connectivity index (χ2v) is 7.53. The predicted molar refractivity (Wildman–Crippen MR) is 106 cm³/mol. The van der Waals surface area contributed by atoms with E-state index in [0.717, 1.165) is 58.9 Å². The third kappa shape index (κ3) is 3.50. The lowest BCUT2D eigenvalue weighted by molar-refractivity contribution is -0.0264. The van der Waals surface area contributed by atoms with E-state index >= 15 is 0 Å². The number of piperidine rings is 1. The Morgan fingerprint density at radius 3 is 2.62 bits per heavy atom. The summed E-state index contributed by atoms with van der Waals surface area (Å²) < 4.78 is 6.56. The Balaban J connectivity index is 1.70. The maximum Gasteiger partial charge on any atom is 0.141 e. The van der Waals surface area contributed by atoms with Gasteiger partial charge in [-0.25, -0.2) is 4.98 Å². The molecule has 1 N–H and O–H groups in total. The van der Waals surface area contributed by atoms with Gasteiger partial charge in [0.25, 0.3) is 0 Å². The van der Waals surface area contributed by atoms with Gasteiger partial charge in [0.15, 0.2) is 0 Å². The summed E-state index contributed by atoms with van der Waals surface area (Å²) in [5, 5.41) is 0.739. The fourth-order valence-corrected chi connectivity index (χ4v) is 3.73. The number of likely N-dealkylation sites (tertiary alicyclic amines) is 1. The van der Waals surface area contributed by atoms with Gasteiger partial charge in [-0.3, -0.25) is 0 Å². The molecule has 26 heavy (non-hydrogen) atoms. The molecule has 1 atom stereocenters. The average molecular weight is 370 g/mol. The fourth-order valence-electron chi connectivity index (χ4n) is 3.57. The Morgan fingerprint density at radius 2 is 1.88 bits per heavy atom. The number of fused-ring (bicyclic) bond motifs is 1. The van der Waals surface area contributed by atoms with Crippen LogP contribution in [0.3, 0.4) is 0 Å². The van der Waals surface area contributed by atoms with Gasteiger partial charge in [-0.15, -0.1) is 0 Å². The number of aromatic nitrogens is 2. The minimum Gasteiger partial charge on any atom is -0.362 e. The molecular formula is C21H24ClN3O. The van der Waals surface area contributed by atoms with E-state index < -0.39 is 0 Å². The first-order chi connectivity index (χ1) is 12.6. The van der Waals surface area contributed by atoms with Crippen LogP contribution < -0.4 is 0 Å². The molecule has 1 aliphatic rings. The zero-order valence-corrected chi connectivity index (χ0v) is 16.0. The molecule has 4 nitrogen and oxygen atoms in total. The predicted octanol–water partition coefficient (Wildman–Crippen LogP) is 4.72. The van der Waals surface area contributed by atoms with Gasteiger partial charge in [0.05, 0.1) is 17.1 Å². The van der Waals surface area contributed by atoms with Crippen molar-refractivity contribution in [3.63, 3.8) is 0 Å². The van der Waals surface area contributed by atoms with E-state index in [0.29, 0.717) is 0 Å². The van der Waals surface area contributed by atoms with Crippen LogP contribution in [-0.2, 0) is 4.74 Å². The lowest BCUT2D eigenvalue weighted by atomic mass is 10.1. The van der Waals surface area contributed by atoms with Crippen molar-refractivity contribution >= 4 is 22.6 Å². The molecule has 0 spiro atoms. The summed E-state index contributed by atoms with van der Waals surface area (Å²) in [6.07, 6.45) is 2.14. The third-order valence-corrected chi connectivity index (χ3v) is 5.61. The van der Waals surface area contributed by atoms with Gasteiger partial charge in [0.2, 0.25) is 0 Å². The number of benzene rings is 2. The molecule has 0 bridgehead atoms. The molecule has 0 radical (unpaired) electrons. The highest BCUT2D eigenvalue weighted by molar-refractivity contribution is 6.32. The normalized spacial score (nSPS) is 17.7. The maximum atomic E-state index is 6.56. The van der Waals surface area contributed by atoms with Crippen LogP contribution in [0.4, 0.5) is 0 Å². The van der Waals surface area contributed by atoms with Crippen molar-refractivity contribution in [2.24, 2.45) is 0 Å². The molecule has 4 rings (SSSR count). The van der Waals surface area contributed by atoms with Crippen LogP contribution in [-0.4, -0.2) is 41.1 Å².